The molecule has 0 spiro atoms. The van der Waals surface area contributed by atoms with Crippen molar-refractivity contribution in [1.29, 1.82) is 0 Å². The van der Waals surface area contributed by atoms with Crippen molar-refractivity contribution in [2.45, 2.75) is 12.5 Å². The minimum atomic E-state index is -0.973. The van der Waals surface area contributed by atoms with Gasteiger partial charge in [-0.25, -0.2) is 0 Å². The third-order valence-electron chi connectivity index (χ3n) is 5.08. The van der Waals surface area contributed by atoms with E-state index in [1.54, 1.807) is 12.1 Å². The number of Topliss-reactive ketones (excluding diaryl/α,β-unsaturated/α-hetero) is 1. The fourth-order valence-electron chi connectivity index (χ4n) is 3.72. The highest BCUT2D eigenvalue weighted by molar-refractivity contribution is 5.91. The van der Waals surface area contributed by atoms with Crippen molar-refractivity contribution in [2.24, 2.45) is 0 Å². The summed E-state index contributed by atoms with van der Waals surface area (Å²) in [4.78, 5) is 13.2. The summed E-state index contributed by atoms with van der Waals surface area (Å²) >= 11 is 0. The van der Waals surface area contributed by atoms with E-state index in [1.165, 1.54) is 49.8 Å². The molecule has 0 fully saturated rings. The first-order valence-electron chi connectivity index (χ1n) is 9.37. The van der Waals surface area contributed by atoms with E-state index in [-0.39, 0.29) is 12.2 Å². The number of hydrogen-bond acceptors (Lipinski definition) is 9. The Bertz CT molecular complexity index is 984. The van der Waals surface area contributed by atoms with Gasteiger partial charge in [0, 0.05) is 23.6 Å². The second-order valence-corrected chi connectivity index (χ2v) is 6.53. The van der Waals surface area contributed by atoms with Gasteiger partial charge in [-0.15, -0.1) is 0 Å². The third kappa shape index (κ3) is 3.60. The first-order valence-corrected chi connectivity index (χ1v) is 9.37. The van der Waals surface area contributed by atoms with Gasteiger partial charge in [-0.05, 0) is 6.07 Å². The minimum Gasteiger partial charge on any atom is -0.493 e. The zero-order valence-corrected chi connectivity index (χ0v) is 18.6. The number of ketones is 1. The first-order chi connectivity index (χ1) is 15.0. The predicted molar refractivity (Wildman–Crippen MR) is 111 cm³/mol. The molecule has 0 saturated carbocycles. The molecule has 168 valence electrons. The van der Waals surface area contributed by atoms with Crippen LogP contribution >= 0.6 is 0 Å². The van der Waals surface area contributed by atoms with E-state index in [0.29, 0.717) is 57.1 Å². The van der Waals surface area contributed by atoms with E-state index in [2.05, 4.69) is 0 Å². The Morgan fingerprint density at radius 3 is 1.71 bits per heavy atom. The molecule has 2 aromatic carbocycles. The van der Waals surface area contributed by atoms with Gasteiger partial charge in [0.2, 0.25) is 17.2 Å². The molecule has 3 rings (SSSR count). The molecule has 1 aliphatic heterocycles. The molecule has 2 aromatic rings. The highest BCUT2D eigenvalue weighted by atomic mass is 16.6. The fraction of sp³-hybridized carbons (Fsp3) is 0.409. The Morgan fingerprint density at radius 2 is 1.19 bits per heavy atom. The summed E-state index contributed by atoms with van der Waals surface area (Å²) in [7, 11) is 10.4. The standard InChI is InChI=1S/C22H26O9/c1-24-15-9-12(19(27-4)22(30-7)21(15)29-6)17-13(23)8-11-14(31-17)10-16(25-2)20(28-5)18(11)26-3/h9-10,17H,8H2,1-7H3. The van der Waals surface area contributed by atoms with E-state index < -0.39 is 6.10 Å². The third-order valence-corrected chi connectivity index (χ3v) is 5.08. The first kappa shape index (κ1) is 22.2. The molecule has 1 aliphatic rings. The smallest absolute Gasteiger partial charge is 0.207 e. The van der Waals surface area contributed by atoms with E-state index >= 15 is 0 Å². The van der Waals surface area contributed by atoms with Gasteiger partial charge in [-0.1, -0.05) is 0 Å². The summed E-state index contributed by atoms with van der Waals surface area (Å²) in [6.45, 7) is 0. The highest BCUT2D eigenvalue weighted by Crippen LogP contribution is 2.52. The van der Waals surface area contributed by atoms with Crippen LogP contribution in [-0.2, 0) is 11.2 Å². The van der Waals surface area contributed by atoms with Crippen LogP contribution < -0.4 is 37.9 Å². The van der Waals surface area contributed by atoms with Crippen LogP contribution in [0.3, 0.4) is 0 Å². The van der Waals surface area contributed by atoms with Crippen molar-refractivity contribution >= 4 is 5.78 Å². The SMILES string of the molecule is COc1cc2c(c(OC)c1OC)CC(=O)C(c1cc(OC)c(OC)c(OC)c1OC)O2. The van der Waals surface area contributed by atoms with E-state index in [1.807, 2.05) is 0 Å². The Hall–Kier alpha value is -3.49. The molecule has 0 amide bonds. The zero-order chi connectivity index (χ0) is 22.7. The summed E-state index contributed by atoms with van der Waals surface area (Å²) in [5, 5.41) is 0. The van der Waals surface area contributed by atoms with Crippen LogP contribution in [0.2, 0.25) is 0 Å². The maximum atomic E-state index is 13.2. The van der Waals surface area contributed by atoms with Crippen LogP contribution in [0.25, 0.3) is 0 Å². The van der Waals surface area contributed by atoms with Crippen LogP contribution in [0.5, 0.6) is 46.0 Å². The molecule has 0 bridgehead atoms. The Balaban J connectivity index is 2.19. The quantitative estimate of drug-likeness (QED) is 0.622. The summed E-state index contributed by atoms with van der Waals surface area (Å²) in [5.74, 6) is 2.78. The van der Waals surface area contributed by atoms with Gasteiger partial charge in [-0.2, -0.15) is 0 Å². The molecular formula is C22H26O9. The highest BCUT2D eigenvalue weighted by Gasteiger charge is 2.37. The monoisotopic (exact) mass is 434 g/mol. The minimum absolute atomic E-state index is 0.0589. The maximum Gasteiger partial charge on any atom is 0.207 e. The lowest BCUT2D eigenvalue weighted by Crippen LogP contribution is -2.27. The van der Waals surface area contributed by atoms with Crippen LogP contribution in [0.15, 0.2) is 12.1 Å². The molecule has 0 N–H and O–H groups in total. The summed E-state index contributed by atoms with van der Waals surface area (Å²) in [6.07, 6.45) is -0.914. The normalized spacial score (nSPS) is 14.8. The molecule has 31 heavy (non-hydrogen) atoms. The lowest BCUT2D eigenvalue weighted by Gasteiger charge is -2.29. The average Bonchev–Trinajstić information content (AvgIpc) is 2.80. The van der Waals surface area contributed by atoms with Crippen LogP contribution in [-0.4, -0.2) is 55.6 Å². The number of methoxy groups -OCH3 is 7. The van der Waals surface area contributed by atoms with Crippen molar-refractivity contribution in [2.75, 3.05) is 49.8 Å². The van der Waals surface area contributed by atoms with Crippen LogP contribution in [0, 0.1) is 0 Å². The van der Waals surface area contributed by atoms with Gasteiger partial charge in [0.1, 0.15) is 5.75 Å². The van der Waals surface area contributed by atoms with Gasteiger partial charge in [0.05, 0.1) is 49.8 Å². The average molecular weight is 434 g/mol. The second kappa shape index (κ2) is 9.11. The Morgan fingerprint density at radius 1 is 0.677 bits per heavy atom. The molecule has 9 nitrogen and oxygen atoms in total. The number of fused-ring (bicyclic) bond motifs is 1. The van der Waals surface area contributed by atoms with Crippen molar-refractivity contribution in [3.05, 3.63) is 23.3 Å². The number of benzene rings is 2. The molecule has 0 aliphatic carbocycles. The van der Waals surface area contributed by atoms with Crippen LogP contribution in [0.1, 0.15) is 17.2 Å². The van der Waals surface area contributed by atoms with E-state index in [9.17, 15) is 4.79 Å². The lowest BCUT2D eigenvalue weighted by atomic mass is 9.94. The maximum absolute atomic E-state index is 13.2. The van der Waals surface area contributed by atoms with Crippen molar-refractivity contribution < 1.29 is 42.7 Å². The number of carbonyl (C=O) groups is 1. The number of ether oxygens (including phenoxy) is 8. The lowest BCUT2D eigenvalue weighted by molar-refractivity contribution is -0.126. The second-order valence-electron chi connectivity index (χ2n) is 6.53. The van der Waals surface area contributed by atoms with Crippen molar-refractivity contribution in [1.82, 2.24) is 0 Å². The molecule has 1 atom stereocenters. The van der Waals surface area contributed by atoms with Crippen LogP contribution in [0.4, 0.5) is 0 Å². The molecule has 0 saturated heterocycles. The van der Waals surface area contributed by atoms with E-state index in [4.69, 9.17) is 37.9 Å². The fourth-order valence-corrected chi connectivity index (χ4v) is 3.72. The van der Waals surface area contributed by atoms with Gasteiger partial charge < -0.3 is 37.9 Å². The molecule has 0 radical (unpaired) electrons. The Kier molecular flexibility index (Phi) is 6.53. The van der Waals surface area contributed by atoms with Gasteiger partial charge in [-0.3, -0.25) is 4.79 Å². The molecule has 1 unspecified atom stereocenters. The number of hydrogen-bond donors (Lipinski definition) is 0. The van der Waals surface area contributed by atoms with Gasteiger partial charge in [0.15, 0.2) is 34.9 Å². The summed E-state index contributed by atoms with van der Waals surface area (Å²) in [5.41, 5.74) is 1.02. The van der Waals surface area contributed by atoms with E-state index in [0.717, 1.165) is 0 Å². The largest absolute Gasteiger partial charge is 0.493 e. The van der Waals surface area contributed by atoms with Crippen molar-refractivity contribution in [3.8, 4) is 46.0 Å². The summed E-state index contributed by atoms with van der Waals surface area (Å²) < 4.78 is 44.3. The van der Waals surface area contributed by atoms with Crippen molar-refractivity contribution in [3.63, 3.8) is 0 Å². The number of carbonyl (C=O) groups excluding carboxylic acids is 1. The summed E-state index contributed by atoms with van der Waals surface area (Å²) in [6, 6.07) is 3.31. The predicted octanol–water partition coefficient (Wildman–Crippen LogP) is 2.99. The Labute approximate surface area is 180 Å². The topological polar surface area (TPSA) is 90.9 Å². The molecule has 0 aromatic heterocycles. The molecule has 1 heterocycles. The van der Waals surface area contributed by atoms with Gasteiger partial charge >= 0.3 is 0 Å². The molecule has 9 heteroatoms. The zero-order valence-electron chi connectivity index (χ0n) is 18.6. The molecular weight excluding hydrogens is 408 g/mol. The van der Waals surface area contributed by atoms with Gasteiger partial charge in [0.25, 0.3) is 0 Å². The number of rotatable bonds is 8.